The third-order valence-corrected chi connectivity index (χ3v) is 3.57. The van der Waals surface area contributed by atoms with Crippen molar-refractivity contribution >= 4 is 11.3 Å². The van der Waals surface area contributed by atoms with E-state index in [0.29, 0.717) is 0 Å². The Morgan fingerprint density at radius 3 is 3.14 bits per heavy atom. The van der Waals surface area contributed by atoms with Gasteiger partial charge in [-0.3, -0.25) is 9.88 Å². The van der Waals surface area contributed by atoms with Gasteiger partial charge in [0, 0.05) is 42.8 Å². The van der Waals surface area contributed by atoms with E-state index in [2.05, 4.69) is 29.0 Å². The number of nitrogens with zero attached hydrogens (tertiary/aromatic N) is 2. The van der Waals surface area contributed by atoms with Crippen LogP contribution in [0, 0.1) is 0 Å². The van der Waals surface area contributed by atoms with Gasteiger partial charge in [-0.15, -0.1) is 11.3 Å². The van der Waals surface area contributed by atoms with Crippen LogP contribution in [0.25, 0.3) is 0 Å². The van der Waals surface area contributed by atoms with Crippen LogP contribution in [0.5, 0.6) is 0 Å². The van der Waals surface area contributed by atoms with Crippen molar-refractivity contribution in [2.75, 3.05) is 19.6 Å². The molecule has 0 bridgehead atoms. The number of piperazine rings is 1. The van der Waals surface area contributed by atoms with Crippen LogP contribution >= 0.6 is 11.3 Å². The highest BCUT2D eigenvalue weighted by atomic mass is 32.1. The molecule has 0 aliphatic carbocycles. The molecule has 1 aliphatic heterocycles. The molecule has 1 aromatic rings. The molecule has 14 heavy (non-hydrogen) atoms. The Balaban J connectivity index is 2.02. The largest absolute Gasteiger partial charge is 0.314 e. The van der Waals surface area contributed by atoms with Crippen LogP contribution in [-0.4, -0.2) is 35.1 Å². The van der Waals surface area contributed by atoms with E-state index in [-0.39, 0.29) is 5.54 Å². The molecule has 0 atom stereocenters. The maximum Gasteiger partial charge on any atom is 0.0794 e. The molecule has 0 amide bonds. The molecular formula is C10H17N3S. The van der Waals surface area contributed by atoms with Crippen LogP contribution in [0.2, 0.25) is 0 Å². The first kappa shape index (κ1) is 10.1. The number of hydrogen-bond donors (Lipinski definition) is 1. The lowest BCUT2D eigenvalue weighted by Crippen LogP contribution is -2.57. The average Bonchev–Trinajstić information content (AvgIpc) is 2.61. The summed E-state index contributed by atoms with van der Waals surface area (Å²) >= 11 is 1.74. The third kappa shape index (κ3) is 2.13. The minimum Gasteiger partial charge on any atom is -0.314 e. The summed E-state index contributed by atoms with van der Waals surface area (Å²) in [6.45, 7) is 8.93. The van der Waals surface area contributed by atoms with Crippen LogP contribution in [0.1, 0.15) is 18.7 Å². The predicted octanol–water partition coefficient (Wildman–Crippen LogP) is 1.33. The van der Waals surface area contributed by atoms with Crippen molar-refractivity contribution in [1.82, 2.24) is 15.2 Å². The van der Waals surface area contributed by atoms with E-state index in [1.54, 1.807) is 11.3 Å². The van der Waals surface area contributed by atoms with Crippen molar-refractivity contribution in [3.8, 4) is 0 Å². The van der Waals surface area contributed by atoms with E-state index in [1.807, 2.05) is 11.7 Å². The maximum atomic E-state index is 4.11. The molecule has 0 aromatic carbocycles. The van der Waals surface area contributed by atoms with Gasteiger partial charge in [0.1, 0.15) is 0 Å². The Morgan fingerprint density at radius 1 is 1.64 bits per heavy atom. The van der Waals surface area contributed by atoms with Crippen molar-refractivity contribution in [1.29, 1.82) is 0 Å². The second-order valence-corrected chi connectivity index (χ2v) is 5.35. The molecule has 1 N–H and O–H groups in total. The van der Waals surface area contributed by atoms with Gasteiger partial charge in [0.25, 0.3) is 0 Å². The summed E-state index contributed by atoms with van der Waals surface area (Å²) in [5.41, 5.74) is 2.17. The summed E-state index contributed by atoms with van der Waals surface area (Å²) in [5.74, 6) is 0. The van der Waals surface area contributed by atoms with E-state index in [0.717, 1.165) is 26.2 Å². The molecule has 4 heteroatoms. The van der Waals surface area contributed by atoms with E-state index in [9.17, 15) is 0 Å². The van der Waals surface area contributed by atoms with Gasteiger partial charge in [-0.2, -0.15) is 0 Å². The average molecular weight is 211 g/mol. The number of rotatable bonds is 2. The molecule has 1 aromatic heterocycles. The third-order valence-electron chi connectivity index (χ3n) is 2.80. The Bertz CT molecular complexity index is 282. The highest BCUT2D eigenvalue weighted by Crippen LogP contribution is 2.20. The van der Waals surface area contributed by atoms with Gasteiger partial charge in [0.15, 0.2) is 0 Å². The molecule has 0 saturated carbocycles. The summed E-state index contributed by atoms with van der Waals surface area (Å²) in [6.07, 6.45) is 1.97. The molecular weight excluding hydrogens is 194 g/mol. The van der Waals surface area contributed by atoms with Gasteiger partial charge in [-0.25, -0.2) is 0 Å². The SMILES string of the molecule is CC1(C)CNCCN1Cc1cncs1. The molecule has 1 aliphatic rings. The zero-order chi connectivity index (χ0) is 10.0. The fourth-order valence-electron chi connectivity index (χ4n) is 1.82. The Morgan fingerprint density at radius 2 is 2.50 bits per heavy atom. The van der Waals surface area contributed by atoms with Crippen molar-refractivity contribution < 1.29 is 0 Å². The van der Waals surface area contributed by atoms with Gasteiger partial charge < -0.3 is 5.32 Å². The molecule has 78 valence electrons. The lowest BCUT2D eigenvalue weighted by Gasteiger charge is -2.42. The van der Waals surface area contributed by atoms with E-state index in [4.69, 9.17) is 0 Å². The highest BCUT2D eigenvalue weighted by Gasteiger charge is 2.29. The lowest BCUT2D eigenvalue weighted by atomic mass is 10.0. The fourth-order valence-corrected chi connectivity index (χ4v) is 2.43. The van der Waals surface area contributed by atoms with Crippen molar-refractivity contribution in [3.63, 3.8) is 0 Å². The molecule has 1 saturated heterocycles. The van der Waals surface area contributed by atoms with Crippen molar-refractivity contribution in [2.45, 2.75) is 25.9 Å². The Labute approximate surface area is 89.1 Å². The van der Waals surface area contributed by atoms with Gasteiger partial charge >= 0.3 is 0 Å². The predicted molar refractivity (Wildman–Crippen MR) is 59.5 cm³/mol. The first-order valence-electron chi connectivity index (χ1n) is 5.02. The first-order valence-corrected chi connectivity index (χ1v) is 5.89. The van der Waals surface area contributed by atoms with E-state index >= 15 is 0 Å². The molecule has 2 heterocycles. The first-order chi connectivity index (χ1) is 6.68. The lowest BCUT2D eigenvalue weighted by molar-refractivity contribution is 0.0838. The summed E-state index contributed by atoms with van der Waals surface area (Å²) in [5, 5.41) is 3.43. The van der Waals surface area contributed by atoms with Crippen LogP contribution in [0.4, 0.5) is 0 Å². The van der Waals surface area contributed by atoms with Crippen LogP contribution in [0.3, 0.4) is 0 Å². The maximum absolute atomic E-state index is 4.11. The van der Waals surface area contributed by atoms with Gasteiger partial charge in [0.05, 0.1) is 5.51 Å². The number of nitrogens with one attached hydrogen (secondary N) is 1. The number of hydrogen-bond acceptors (Lipinski definition) is 4. The molecule has 3 nitrogen and oxygen atoms in total. The number of thiazole rings is 1. The van der Waals surface area contributed by atoms with Gasteiger partial charge in [0.2, 0.25) is 0 Å². The zero-order valence-corrected chi connectivity index (χ0v) is 9.60. The zero-order valence-electron chi connectivity index (χ0n) is 8.79. The summed E-state index contributed by atoms with van der Waals surface area (Å²) in [6, 6.07) is 0. The van der Waals surface area contributed by atoms with E-state index < -0.39 is 0 Å². The van der Waals surface area contributed by atoms with Crippen molar-refractivity contribution in [2.24, 2.45) is 0 Å². The van der Waals surface area contributed by atoms with Gasteiger partial charge in [-0.05, 0) is 13.8 Å². The molecule has 1 fully saturated rings. The van der Waals surface area contributed by atoms with Gasteiger partial charge in [-0.1, -0.05) is 0 Å². The summed E-state index contributed by atoms with van der Waals surface area (Å²) in [7, 11) is 0. The molecule has 2 rings (SSSR count). The summed E-state index contributed by atoms with van der Waals surface area (Å²) < 4.78 is 0. The fraction of sp³-hybridized carbons (Fsp3) is 0.700. The van der Waals surface area contributed by atoms with Crippen molar-refractivity contribution in [3.05, 3.63) is 16.6 Å². The molecule has 0 spiro atoms. The summed E-state index contributed by atoms with van der Waals surface area (Å²) in [4.78, 5) is 8.00. The Hall–Kier alpha value is -0.450. The quantitative estimate of drug-likeness (QED) is 0.800. The standard InChI is InChI=1S/C10H17N3S/c1-10(2)7-11-3-4-13(10)6-9-5-12-8-14-9/h5,8,11H,3-4,6-7H2,1-2H3. The smallest absolute Gasteiger partial charge is 0.0794 e. The second kappa shape index (κ2) is 3.96. The van der Waals surface area contributed by atoms with Crippen LogP contribution in [-0.2, 0) is 6.54 Å². The number of aromatic nitrogens is 1. The topological polar surface area (TPSA) is 28.2 Å². The monoisotopic (exact) mass is 211 g/mol. The Kier molecular flexibility index (Phi) is 2.85. The van der Waals surface area contributed by atoms with E-state index in [1.165, 1.54) is 4.88 Å². The minimum atomic E-state index is 0.266. The minimum absolute atomic E-state index is 0.266. The molecule has 0 radical (unpaired) electrons. The molecule has 0 unspecified atom stereocenters. The highest BCUT2D eigenvalue weighted by molar-refractivity contribution is 7.09. The van der Waals surface area contributed by atoms with Crippen LogP contribution in [0.15, 0.2) is 11.7 Å². The second-order valence-electron chi connectivity index (χ2n) is 4.38. The van der Waals surface area contributed by atoms with Crippen LogP contribution < -0.4 is 5.32 Å². The normalized spacial score (nSPS) is 22.4.